The number of unbranched alkanes of at least 4 members (excludes halogenated alkanes) is 19. The first-order chi connectivity index (χ1) is 23.9. The predicted molar refractivity (Wildman–Crippen MR) is 208 cm³/mol. The Bertz CT molecular complexity index is 866. The average molecular weight is 713 g/mol. The highest BCUT2D eigenvalue weighted by molar-refractivity contribution is 7.47. The maximum Gasteiger partial charge on any atom is 0.472 e. The Hall–Kier alpha value is -1.28. The Kier molecular flexibility index (Phi) is 35.6. The fourth-order valence-corrected chi connectivity index (χ4v) is 6.43. The number of phosphoric acid groups is 1. The van der Waals surface area contributed by atoms with Crippen molar-refractivity contribution < 1.29 is 28.4 Å². The summed E-state index contributed by atoms with van der Waals surface area (Å²) in [4.78, 5) is 22.6. The van der Waals surface area contributed by atoms with Crippen LogP contribution < -0.4 is 11.1 Å². The number of aliphatic hydroxyl groups excluding tert-OH is 1. The quantitative estimate of drug-likeness (QED) is 0.0286. The van der Waals surface area contributed by atoms with Crippen LogP contribution in [0, 0.1) is 0 Å². The number of phosphoric ester groups is 1. The summed E-state index contributed by atoms with van der Waals surface area (Å²) in [6, 6.07) is -0.779. The Morgan fingerprint density at radius 3 is 1.63 bits per heavy atom. The molecule has 3 atom stereocenters. The van der Waals surface area contributed by atoms with Gasteiger partial charge < -0.3 is 21.1 Å². The van der Waals surface area contributed by atoms with Gasteiger partial charge >= 0.3 is 7.82 Å². The van der Waals surface area contributed by atoms with Crippen molar-refractivity contribution in [1.82, 2.24) is 5.32 Å². The molecule has 0 bridgehead atoms. The molecule has 0 spiro atoms. The summed E-state index contributed by atoms with van der Waals surface area (Å²) < 4.78 is 22.1. The van der Waals surface area contributed by atoms with Crippen LogP contribution in [-0.2, 0) is 18.4 Å². The molecule has 0 aliphatic heterocycles. The van der Waals surface area contributed by atoms with E-state index in [1.54, 1.807) is 0 Å². The molecule has 8 nitrogen and oxygen atoms in total. The minimum atomic E-state index is -4.31. The van der Waals surface area contributed by atoms with Gasteiger partial charge in [0.1, 0.15) is 0 Å². The largest absolute Gasteiger partial charge is 0.472 e. The normalized spacial score (nSPS) is 14.6. The van der Waals surface area contributed by atoms with Crippen molar-refractivity contribution in [3.63, 3.8) is 0 Å². The third-order valence-electron chi connectivity index (χ3n) is 8.75. The number of nitrogens with one attached hydrogen (secondary N) is 1. The monoisotopic (exact) mass is 713 g/mol. The molecule has 0 aliphatic carbocycles. The minimum absolute atomic E-state index is 0.0853. The van der Waals surface area contributed by atoms with E-state index in [0.29, 0.717) is 12.8 Å². The molecule has 0 fully saturated rings. The maximum absolute atomic E-state index is 12.7. The van der Waals surface area contributed by atoms with Gasteiger partial charge in [-0.15, -0.1) is 0 Å². The van der Waals surface area contributed by atoms with Crippen LogP contribution in [0.3, 0.4) is 0 Å². The summed E-state index contributed by atoms with van der Waals surface area (Å²) in [5, 5.41) is 13.7. The SMILES string of the molecule is CCCCCCC/C=C\C/C=C\C/C=C\CCCCCCCCC(=O)NC(COP(=O)(O)OCCN)C(O)CCCCCCCCCCC. The molecular weight excluding hydrogens is 635 g/mol. The molecule has 0 rings (SSSR count). The first-order valence-corrected chi connectivity index (χ1v) is 21.6. The van der Waals surface area contributed by atoms with Crippen LogP contribution in [0.5, 0.6) is 0 Å². The van der Waals surface area contributed by atoms with E-state index in [9.17, 15) is 19.4 Å². The van der Waals surface area contributed by atoms with E-state index in [-0.39, 0.29) is 25.7 Å². The average Bonchev–Trinajstić information content (AvgIpc) is 3.09. The fourth-order valence-electron chi connectivity index (χ4n) is 5.67. The van der Waals surface area contributed by atoms with Gasteiger partial charge in [-0.2, -0.15) is 0 Å². The van der Waals surface area contributed by atoms with Gasteiger partial charge in [-0.25, -0.2) is 4.57 Å². The molecule has 0 aliphatic rings. The van der Waals surface area contributed by atoms with E-state index in [1.165, 1.54) is 89.9 Å². The molecule has 0 aromatic carbocycles. The van der Waals surface area contributed by atoms with Crippen molar-refractivity contribution in [2.75, 3.05) is 19.8 Å². The lowest BCUT2D eigenvalue weighted by molar-refractivity contribution is -0.123. The van der Waals surface area contributed by atoms with E-state index >= 15 is 0 Å². The van der Waals surface area contributed by atoms with Crippen molar-refractivity contribution in [1.29, 1.82) is 0 Å². The molecule has 0 saturated carbocycles. The van der Waals surface area contributed by atoms with Gasteiger partial charge in [0.15, 0.2) is 0 Å². The zero-order valence-corrected chi connectivity index (χ0v) is 32.6. The lowest BCUT2D eigenvalue weighted by atomic mass is 10.0. The summed E-state index contributed by atoms with van der Waals surface area (Å²) in [5.74, 6) is -0.177. The Balaban J connectivity index is 4.15. The first kappa shape index (κ1) is 47.7. The second-order valence-corrected chi connectivity index (χ2v) is 14.9. The number of allylic oxidation sites excluding steroid dienone is 6. The highest BCUT2D eigenvalue weighted by Crippen LogP contribution is 2.43. The highest BCUT2D eigenvalue weighted by Gasteiger charge is 2.27. The molecule has 0 heterocycles. The third kappa shape index (κ3) is 34.9. The molecule has 0 aromatic heterocycles. The van der Waals surface area contributed by atoms with Crippen LogP contribution in [0.2, 0.25) is 0 Å². The number of amides is 1. The zero-order valence-electron chi connectivity index (χ0n) is 31.7. The highest BCUT2D eigenvalue weighted by atomic mass is 31.2. The number of carbonyl (C=O) groups is 1. The number of hydrogen-bond acceptors (Lipinski definition) is 6. The lowest BCUT2D eigenvalue weighted by Gasteiger charge is -2.25. The second kappa shape index (κ2) is 36.5. The third-order valence-corrected chi connectivity index (χ3v) is 9.73. The van der Waals surface area contributed by atoms with Gasteiger partial charge in [0.05, 0.1) is 25.4 Å². The summed E-state index contributed by atoms with van der Waals surface area (Å²) >= 11 is 0. The molecule has 49 heavy (non-hydrogen) atoms. The van der Waals surface area contributed by atoms with Crippen LogP contribution in [0.4, 0.5) is 0 Å². The van der Waals surface area contributed by atoms with Crippen LogP contribution >= 0.6 is 7.82 Å². The Labute approximate surface area is 301 Å². The first-order valence-electron chi connectivity index (χ1n) is 20.1. The van der Waals surface area contributed by atoms with Gasteiger partial charge in [0.25, 0.3) is 0 Å². The van der Waals surface area contributed by atoms with Crippen molar-refractivity contribution in [2.45, 2.75) is 193 Å². The molecule has 0 radical (unpaired) electrons. The van der Waals surface area contributed by atoms with Crippen LogP contribution in [0.15, 0.2) is 36.5 Å². The zero-order chi connectivity index (χ0) is 36.1. The molecule has 5 N–H and O–H groups in total. The Morgan fingerprint density at radius 1 is 0.673 bits per heavy atom. The second-order valence-electron chi connectivity index (χ2n) is 13.5. The standard InChI is InChI=1S/C40H77N2O6P/c1-3-5-7-9-11-13-14-15-16-17-18-19-20-21-22-23-24-26-28-30-32-34-40(44)42-38(37-48-49(45,46)47-36-35-41)39(43)33-31-29-27-25-12-10-8-6-4-2/h14-15,17-18,20-21,38-39,43H,3-13,16,19,22-37,41H2,1-2H3,(H,42,44)(H,45,46)/b15-14-,18-17-,21-20-. The fraction of sp³-hybridized carbons (Fsp3) is 0.825. The van der Waals surface area contributed by atoms with Crippen LogP contribution in [0.1, 0.15) is 181 Å². The number of rotatable bonds is 37. The Morgan fingerprint density at radius 2 is 1.12 bits per heavy atom. The van der Waals surface area contributed by atoms with Crippen LogP contribution in [-0.4, -0.2) is 47.8 Å². The van der Waals surface area contributed by atoms with E-state index in [1.807, 2.05) is 0 Å². The van der Waals surface area contributed by atoms with Gasteiger partial charge in [0, 0.05) is 13.0 Å². The number of carbonyl (C=O) groups excluding carboxylic acids is 1. The van der Waals surface area contributed by atoms with Crippen molar-refractivity contribution in [3.05, 3.63) is 36.5 Å². The lowest BCUT2D eigenvalue weighted by Crippen LogP contribution is -2.46. The number of hydrogen-bond donors (Lipinski definition) is 4. The predicted octanol–water partition coefficient (Wildman–Crippen LogP) is 10.8. The minimum Gasteiger partial charge on any atom is -0.391 e. The van der Waals surface area contributed by atoms with Gasteiger partial charge in [0.2, 0.25) is 5.91 Å². The summed E-state index contributed by atoms with van der Waals surface area (Å²) in [6.45, 7) is 4.15. The topological polar surface area (TPSA) is 131 Å². The molecule has 288 valence electrons. The van der Waals surface area contributed by atoms with E-state index in [2.05, 4.69) is 55.6 Å². The van der Waals surface area contributed by atoms with Crippen molar-refractivity contribution >= 4 is 13.7 Å². The van der Waals surface area contributed by atoms with Gasteiger partial charge in [-0.1, -0.05) is 159 Å². The molecule has 0 saturated heterocycles. The number of aliphatic hydroxyl groups is 1. The molecule has 9 heteroatoms. The molecular formula is C40H77N2O6P. The molecule has 1 amide bonds. The van der Waals surface area contributed by atoms with Crippen molar-refractivity contribution in [2.24, 2.45) is 5.73 Å². The molecule has 3 unspecified atom stereocenters. The summed E-state index contributed by atoms with van der Waals surface area (Å²) in [6.07, 6.45) is 41.6. The van der Waals surface area contributed by atoms with Gasteiger partial charge in [-0.05, 0) is 51.4 Å². The smallest absolute Gasteiger partial charge is 0.391 e. The van der Waals surface area contributed by atoms with Gasteiger partial charge in [-0.3, -0.25) is 13.8 Å². The van der Waals surface area contributed by atoms with Crippen LogP contribution in [0.25, 0.3) is 0 Å². The van der Waals surface area contributed by atoms with E-state index in [0.717, 1.165) is 64.2 Å². The molecule has 0 aromatic rings. The van der Waals surface area contributed by atoms with Crippen molar-refractivity contribution in [3.8, 4) is 0 Å². The summed E-state index contributed by atoms with van der Waals surface area (Å²) in [5.41, 5.74) is 5.36. The maximum atomic E-state index is 12.7. The summed E-state index contributed by atoms with van der Waals surface area (Å²) in [7, 11) is -4.31. The number of nitrogens with two attached hydrogens (primary N) is 1. The van der Waals surface area contributed by atoms with E-state index in [4.69, 9.17) is 14.8 Å². The van der Waals surface area contributed by atoms with E-state index < -0.39 is 20.0 Å².